The first-order chi connectivity index (χ1) is 32.0. The topological polar surface area (TPSA) is 191 Å². The van der Waals surface area contributed by atoms with Gasteiger partial charge in [-0.1, -0.05) is 143 Å². The van der Waals surface area contributed by atoms with E-state index in [4.69, 9.17) is 35.3 Å². The van der Waals surface area contributed by atoms with Crippen molar-refractivity contribution in [2.24, 2.45) is 11.8 Å². The first-order valence-corrected chi connectivity index (χ1v) is 23.5. The van der Waals surface area contributed by atoms with E-state index in [0.29, 0.717) is 40.7 Å². The number of ether oxygens (including phenoxy) is 2. The van der Waals surface area contributed by atoms with E-state index in [1.807, 2.05) is 60.7 Å². The van der Waals surface area contributed by atoms with E-state index in [2.05, 4.69) is 55.8 Å². The Balaban J connectivity index is 0.000000528. The Bertz CT molecular complexity index is 2430. The molecule has 0 radical (unpaired) electrons. The van der Waals surface area contributed by atoms with E-state index < -0.39 is 11.9 Å². The average Bonchev–Trinajstić information content (AvgIpc) is 3.35. The summed E-state index contributed by atoms with van der Waals surface area (Å²) in [5, 5.41) is 45.1. The molecule has 0 bridgehead atoms. The predicted molar refractivity (Wildman–Crippen MR) is 269 cm³/mol. The molecule has 6 rings (SSSR count). The normalized spacial score (nSPS) is 10.6. The molecule has 0 saturated heterocycles. The second-order valence-corrected chi connectivity index (χ2v) is 16.2. The number of alkyl halides is 1. The van der Waals surface area contributed by atoms with Crippen LogP contribution in [0.1, 0.15) is 111 Å². The van der Waals surface area contributed by atoms with Gasteiger partial charge in [-0.15, -0.1) is 0 Å². The molecule has 0 saturated carbocycles. The van der Waals surface area contributed by atoms with Crippen molar-refractivity contribution in [2.45, 2.75) is 79.1 Å². The molecule has 0 aromatic heterocycles. The van der Waals surface area contributed by atoms with Crippen LogP contribution in [-0.4, -0.2) is 44.7 Å². The van der Waals surface area contributed by atoms with Gasteiger partial charge in [0, 0.05) is 5.33 Å². The smallest absolute Gasteiger partial charge is 0.870 e. The van der Waals surface area contributed by atoms with Gasteiger partial charge in [0.05, 0.1) is 41.0 Å². The molecule has 2 atom stereocenters. The number of nitrogens with zero attached hydrogens (tertiary/aromatic N) is 2. The molecule has 0 amide bonds. The summed E-state index contributed by atoms with van der Waals surface area (Å²) in [6.45, 7) is 9.56. The molecule has 352 valence electrons. The Morgan fingerprint density at radius 3 is 1.47 bits per heavy atom. The Labute approximate surface area is 453 Å². The van der Waals surface area contributed by atoms with E-state index in [0.717, 1.165) is 41.0 Å². The maximum absolute atomic E-state index is 12.6. The number of halogens is 1. The number of carbonyl (C=O) groups excluding carboxylic acids is 1. The predicted octanol–water partition coefficient (Wildman–Crippen LogP) is 11.5. The molecular weight excluding hydrogens is 948 g/mol. The Morgan fingerprint density at radius 1 is 0.588 bits per heavy atom. The van der Waals surface area contributed by atoms with E-state index in [-0.39, 0.29) is 73.9 Å². The Morgan fingerprint density at radius 2 is 1.04 bits per heavy atom. The molecule has 0 aliphatic heterocycles. The van der Waals surface area contributed by atoms with Crippen molar-refractivity contribution in [1.29, 1.82) is 10.5 Å². The van der Waals surface area contributed by atoms with Crippen LogP contribution >= 0.6 is 15.9 Å². The summed E-state index contributed by atoms with van der Waals surface area (Å²) in [5.74, 6) is 1.39. The van der Waals surface area contributed by atoms with Crippen LogP contribution in [0.3, 0.4) is 0 Å². The number of carbonyl (C=O) groups is 2. The maximum atomic E-state index is 12.6. The fourth-order valence-electron chi connectivity index (χ4n) is 6.36. The third-order valence-electron chi connectivity index (χ3n) is 10.6. The van der Waals surface area contributed by atoms with Gasteiger partial charge in [-0.2, -0.15) is 10.5 Å². The standard InChI is InChI=1S/C28H29NO3.C13H9NO.C8H17Br.C7H6O3.K.H2O/c1-3-5-7-21(4-2)20-31-27-9-6-8-25(18-27)28(30)32-26-16-14-24(15-17-26)23-12-10-22(19-29)11-13-23;14-9-10-1-3-11(4-2-10)12-5-7-13(15)8-6-12;1-3-5-6-8(4-2)7-9;8-6-3-1-2-5(4-6)7(9)10;;/h6,8-18,21H,3-5,7,20H2,1-2H3;1-8,15H;8H,3-7H2,1-2H3;1-4,8H,(H,9,10);;1H2/q;;;;+1;/p-1. The molecule has 6 aromatic carbocycles. The number of phenolic OH excluding ortho intramolecular Hbond substituents is 2. The number of nitriles is 2. The van der Waals surface area contributed by atoms with E-state index in [9.17, 15) is 9.59 Å². The summed E-state index contributed by atoms with van der Waals surface area (Å²) in [5.41, 5.74) is 5.87. The second kappa shape index (κ2) is 34.9. The third-order valence-corrected chi connectivity index (χ3v) is 11.5. The number of carboxylic acid groups (broad SMARTS) is 1. The number of hydrogen-bond donors (Lipinski definition) is 3. The molecule has 4 N–H and O–H groups in total. The maximum Gasteiger partial charge on any atom is 1.00 e. The van der Waals surface area contributed by atoms with Crippen LogP contribution in [0.5, 0.6) is 23.0 Å². The van der Waals surface area contributed by atoms with E-state index in [1.54, 1.807) is 60.7 Å². The van der Waals surface area contributed by atoms with Gasteiger partial charge in [0.25, 0.3) is 0 Å². The first kappa shape index (κ1) is 60.7. The van der Waals surface area contributed by atoms with Crippen LogP contribution < -0.4 is 60.9 Å². The van der Waals surface area contributed by atoms with Crippen LogP contribution in [0.15, 0.2) is 146 Å². The zero-order chi connectivity index (χ0) is 48.1. The number of aromatic hydroxyl groups is 2. The molecule has 6 aromatic rings. The van der Waals surface area contributed by atoms with Gasteiger partial charge in [-0.3, -0.25) is 0 Å². The number of carboxylic acids is 1. The summed E-state index contributed by atoms with van der Waals surface area (Å²) in [6, 6.07) is 45.9. The van der Waals surface area contributed by atoms with Gasteiger partial charge in [-0.05, 0) is 132 Å². The fraction of sp³-hybridized carbons (Fsp3) is 0.286. The fourth-order valence-corrected chi connectivity index (χ4v) is 7.14. The van der Waals surface area contributed by atoms with Gasteiger partial charge in [0.15, 0.2) is 0 Å². The Kier molecular flexibility index (Phi) is 31.2. The minimum absolute atomic E-state index is 0. The molecule has 2 unspecified atom stereocenters. The van der Waals surface area contributed by atoms with Crippen molar-refractivity contribution in [3.05, 3.63) is 168 Å². The van der Waals surface area contributed by atoms with Crippen molar-refractivity contribution in [3.63, 3.8) is 0 Å². The quantitative estimate of drug-likeness (QED) is 0.0343. The van der Waals surface area contributed by atoms with E-state index >= 15 is 0 Å². The molecule has 10 nitrogen and oxygen atoms in total. The number of rotatable bonds is 17. The number of benzene rings is 6. The van der Waals surface area contributed by atoms with Gasteiger partial charge in [-0.25, -0.2) is 9.59 Å². The summed E-state index contributed by atoms with van der Waals surface area (Å²) in [4.78, 5) is 22.9. The number of hydrogen-bond acceptors (Lipinski definition) is 9. The summed E-state index contributed by atoms with van der Waals surface area (Å²) in [7, 11) is 0. The van der Waals surface area contributed by atoms with E-state index in [1.165, 1.54) is 68.1 Å². The summed E-state index contributed by atoms with van der Waals surface area (Å²) >= 11 is 3.51. The van der Waals surface area contributed by atoms with Crippen LogP contribution in [0.25, 0.3) is 22.3 Å². The zero-order valence-corrected chi connectivity index (χ0v) is 44.5. The minimum Gasteiger partial charge on any atom is -0.870 e. The van der Waals surface area contributed by atoms with Crippen LogP contribution in [0.4, 0.5) is 0 Å². The van der Waals surface area contributed by atoms with Gasteiger partial charge < -0.3 is 30.3 Å². The molecular formula is C56H62BrKN2O8. The molecule has 12 heteroatoms. The van der Waals surface area contributed by atoms with Gasteiger partial charge >= 0.3 is 63.3 Å². The molecule has 0 spiro atoms. The molecule has 0 aliphatic rings. The third kappa shape index (κ3) is 22.7. The second-order valence-electron chi connectivity index (χ2n) is 15.5. The Hall–Kier alpha value is -5.28. The number of aromatic carboxylic acids is 1. The summed E-state index contributed by atoms with van der Waals surface area (Å²) in [6.07, 6.45) is 10.1. The number of esters is 1. The van der Waals surface area contributed by atoms with Gasteiger partial charge in [0.1, 0.15) is 23.0 Å². The van der Waals surface area contributed by atoms with Crippen molar-refractivity contribution < 1.29 is 91.2 Å². The molecule has 0 heterocycles. The number of unbranched alkanes of at least 4 members (excludes halogenated alkanes) is 2. The monoisotopic (exact) mass is 1010 g/mol. The van der Waals surface area contributed by atoms with Gasteiger partial charge in [0.2, 0.25) is 0 Å². The molecule has 68 heavy (non-hydrogen) atoms. The molecule has 0 aliphatic carbocycles. The van der Waals surface area contributed by atoms with Crippen LogP contribution in [0.2, 0.25) is 0 Å². The van der Waals surface area contributed by atoms with Crippen LogP contribution in [0, 0.1) is 34.5 Å². The van der Waals surface area contributed by atoms with Crippen molar-refractivity contribution in [1.82, 2.24) is 0 Å². The minimum atomic E-state index is -1.03. The van der Waals surface area contributed by atoms with Crippen molar-refractivity contribution >= 4 is 27.9 Å². The zero-order valence-electron chi connectivity index (χ0n) is 39.8. The molecule has 0 fully saturated rings. The van der Waals surface area contributed by atoms with Crippen molar-refractivity contribution in [2.75, 3.05) is 11.9 Å². The first-order valence-electron chi connectivity index (χ1n) is 22.4. The largest absolute Gasteiger partial charge is 1.00 e. The average molecular weight is 1010 g/mol. The number of phenols is 2. The van der Waals surface area contributed by atoms with Crippen LogP contribution in [-0.2, 0) is 0 Å². The summed E-state index contributed by atoms with van der Waals surface area (Å²) < 4.78 is 11.5. The van der Waals surface area contributed by atoms with Crippen molar-refractivity contribution in [3.8, 4) is 57.4 Å². The SMILES string of the molecule is CCCCC(CC)CBr.CCCCC(CC)COc1cccc(C(=O)Oc2ccc(-c3ccc(C#N)cc3)cc2)c1.N#Cc1ccc(-c2ccc(O)cc2)cc1.O=C(O)c1cccc(O)c1.[K+].[OH-].